The predicted octanol–water partition coefficient (Wildman–Crippen LogP) is 2.49. The molecule has 3 heteroatoms. The average Bonchev–Trinajstić information content (AvgIpc) is 2.80. The fourth-order valence-electron chi connectivity index (χ4n) is 2.42. The van der Waals surface area contributed by atoms with Gasteiger partial charge in [-0.05, 0) is 44.4 Å². The molecule has 0 fully saturated rings. The van der Waals surface area contributed by atoms with Crippen LogP contribution >= 0.6 is 0 Å². The van der Waals surface area contributed by atoms with Gasteiger partial charge in [0.1, 0.15) is 0 Å². The molecule has 0 amide bonds. The minimum Gasteiger partial charge on any atom is -0.317 e. The van der Waals surface area contributed by atoms with Crippen molar-refractivity contribution in [3.8, 4) is 0 Å². The molecule has 0 aliphatic carbocycles. The van der Waals surface area contributed by atoms with E-state index in [1.54, 1.807) is 0 Å². The smallest absolute Gasteiger partial charge is 0.0522 e. The molecule has 3 nitrogen and oxygen atoms in total. The normalized spacial score (nSPS) is 12.6. The van der Waals surface area contributed by atoms with Crippen LogP contribution in [0.2, 0.25) is 0 Å². The number of nitrogens with zero attached hydrogens (tertiary/aromatic N) is 2. The molecule has 2 aromatic rings. The van der Waals surface area contributed by atoms with E-state index in [1.165, 1.54) is 16.7 Å². The summed E-state index contributed by atoms with van der Waals surface area (Å²) in [6.07, 6.45) is 7.35. The van der Waals surface area contributed by atoms with Gasteiger partial charge in [0.2, 0.25) is 0 Å². The van der Waals surface area contributed by atoms with Gasteiger partial charge in [0.05, 0.1) is 6.20 Å². The molecule has 0 aliphatic rings. The first kappa shape index (κ1) is 13.8. The van der Waals surface area contributed by atoms with Crippen molar-refractivity contribution in [2.24, 2.45) is 7.05 Å². The highest BCUT2D eigenvalue weighted by molar-refractivity contribution is 5.22. The molecule has 1 aromatic heterocycles. The maximum Gasteiger partial charge on any atom is 0.0522 e. The zero-order chi connectivity index (χ0) is 13.7. The maximum absolute atomic E-state index is 4.22. The molecule has 0 radical (unpaired) electrons. The van der Waals surface area contributed by atoms with Gasteiger partial charge in [0.25, 0.3) is 0 Å². The number of aryl methyl sites for hydroxylation is 3. The third-order valence-electron chi connectivity index (χ3n) is 3.51. The van der Waals surface area contributed by atoms with Crippen molar-refractivity contribution in [3.63, 3.8) is 0 Å². The van der Waals surface area contributed by atoms with Crippen molar-refractivity contribution >= 4 is 0 Å². The summed E-state index contributed by atoms with van der Waals surface area (Å²) in [4.78, 5) is 0. The van der Waals surface area contributed by atoms with E-state index in [0.717, 1.165) is 19.3 Å². The third-order valence-corrected chi connectivity index (χ3v) is 3.51. The Bertz CT molecular complexity index is 516. The minimum atomic E-state index is 0.504. The van der Waals surface area contributed by atoms with Gasteiger partial charge in [-0.3, -0.25) is 4.68 Å². The van der Waals surface area contributed by atoms with E-state index in [4.69, 9.17) is 0 Å². The highest BCUT2D eigenvalue weighted by atomic mass is 15.2. The van der Waals surface area contributed by atoms with Gasteiger partial charge in [-0.1, -0.05) is 29.8 Å². The van der Waals surface area contributed by atoms with Crippen LogP contribution in [-0.2, 0) is 19.9 Å². The van der Waals surface area contributed by atoms with Crippen molar-refractivity contribution < 1.29 is 0 Å². The Morgan fingerprint density at radius 3 is 2.79 bits per heavy atom. The van der Waals surface area contributed by atoms with Crippen LogP contribution in [0, 0.1) is 6.92 Å². The molecule has 2 rings (SSSR count). The van der Waals surface area contributed by atoms with Gasteiger partial charge in [0, 0.05) is 19.3 Å². The summed E-state index contributed by atoms with van der Waals surface area (Å²) in [6, 6.07) is 9.28. The first-order chi connectivity index (χ1) is 9.17. The first-order valence-electron chi connectivity index (χ1n) is 6.87. The van der Waals surface area contributed by atoms with Gasteiger partial charge in [-0.15, -0.1) is 0 Å². The van der Waals surface area contributed by atoms with E-state index >= 15 is 0 Å². The molecule has 0 saturated carbocycles. The molecular weight excluding hydrogens is 234 g/mol. The summed E-state index contributed by atoms with van der Waals surface area (Å²) < 4.78 is 1.86. The van der Waals surface area contributed by atoms with Crippen LogP contribution in [0.3, 0.4) is 0 Å². The molecule has 102 valence electrons. The second-order valence-corrected chi connectivity index (χ2v) is 5.24. The van der Waals surface area contributed by atoms with Crippen molar-refractivity contribution in [3.05, 3.63) is 53.3 Å². The molecule has 0 bridgehead atoms. The van der Waals surface area contributed by atoms with Crippen molar-refractivity contribution in [2.75, 3.05) is 7.05 Å². The van der Waals surface area contributed by atoms with E-state index in [1.807, 2.05) is 25.0 Å². The van der Waals surface area contributed by atoms with Gasteiger partial charge >= 0.3 is 0 Å². The summed E-state index contributed by atoms with van der Waals surface area (Å²) in [5.74, 6) is 0. The van der Waals surface area contributed by atoms with Crippen LogP contribution < -0.4 is 5.32 Å². The van der Waals surface area contributed by atoms with E-state index < -0.39 is 0 Å². The zero-order valence-electron chi connectivity index (χ0n) is 12.1. The molecule has 1 unspecified atom stereocenters. The molecule has 0 saturated heterocycles. The van der Waals surface area contributed by atoms with E-state index in [2.05, 4.69) is 47.8 Å². The Kier molecular flexibility index (Phi) is 4.74. The Morgan fingerprint density at radius 1 is 1.32 bits per heavy atom. The molecule has 1 aromatic carbocycles. The van der Waals surface area contributed by atoms with Crippen LogP contribution in [0.5, 0.6) is 0 Å². The fraction of sp³-hybridized carbons (Fsp3) is 0.438. The second kappa shape index (κ2) is 6.53. The van der Waals surface area contributed by atoms with Crippen LogP contribution in [0.4, 0.5) is 0 Å². The number of benzene rings is 1. The summed E-state index contributed by atoms with van der Waals surface area (Å²) in [7, 11) is 4.00. The van der Waals surface area contributed by atoms with Gasteiger partial charge in [0.15, 0.2) is 0 Å². The Morgan fingerprint density at radius 2 is 2.16 bits per heavy atom. The summed E-state index contributed by atoms with van der Waals surface area (Å²) >= 11 is 0. The van der Waals surface area contributed by atoms with Crippen LogP contribution in [0.25, 0.3) is 0 Å². The highest BCUT2D eigenvalue weighted by Crippen LogP contribution is 2.11. The molecular formula is C16H23N3. The van der Waals surface area contributed by atoms with Gasteiger partial charge in [-0.25, -0.2) is 0 Å². The SMILES string of the molecule is CNC(CCc1cccc(C)c1)Cc1cnn(C)c1. The lowest BCUT2D eigenvalue weighted by Crippen LogP contribution is -2.28. The quantitative estimate of drug-likeness (QED) is 0.861. The Labute approximate surface area is 115 Å². The summed E-state index contributed by atoms with van der Waals surface area (Å²) in [5.41, 5.74) is 4.06. The fourth-order valence-corrected chi connectivity index (χ4v) is 2.42. The number of likely N-dealkylation sites (N-methyl/N-ethyl adjacent to an activating group) is 1. The monoisotopic (exact) mass is 257 g/mol. The van der Waals surface area contributed by atoms with Gasteiger partial charge in [-0.2, -0.15) is 5.10 Å². The van der Waals surface area contributed by atoms with Crippen molar-refractivity contribution in [1.82, 2.24) is 15.1 Å². The lowest BCUT2D eigenvalue weighted by molar-refractivity contribution is 0.520. The number of aromatic nitrogens is 2. The van der Waals surface area contributed by atoms with Crippen molar-refractivity contribution in [2.45, 2.75) is 32.2 Å². The third kappa shape index (κ3) is 4.21. The molecule has 0 spiro atoms. The van der Waals surface area contributed by atoms with E-state index in [-0.39, 0.29) is 0 Å². The standard InChI is InChI=1S/C16H23N3/c1-13-5-4-6-14(9-13)7-8-16(17-2)10-15-11-18-19(3)12-15/h4-6,9,11-12,16-17H,7-8,10H2,1-3H3. The predicted molar refractivity (Wildman–Crippen MR) is 79.3 cm³/mol. The van der Waals surface area contributed by atoms with Gasteiger partial charge < -0.3 is 5.32 Å². The molecule has 19 heavy (non-hydrogen) atoms. The van der Waals surface area contributed by atoms with Crippen LogP contribution in [-0.4, -0.2) is 22.9 Å². The molecule has 1 atom stereocenters. The largest absolute Gasteiger partial charge is 0.317 e. The Hall–Kier alpha value is -1.61. The second-order valence-electron chi connectivity index (χ2n) is 5.24. The number of rotatable bonds is 6. The number of nitrogens with one attached hydrogen (secondary N) is 1. The first-order valence-corrected chi connectivity index (χ1v) is 6.87. The highest BCUT2D eigenvalue weighted by Gasteiger charge is 2.09. The number of hydrogen-bond donors (Lipinski definition) is 1. The molecule has 1 heterocycles. The number of hydrogen-bond acceptors (Lipinski definition) is 2. The van der Waals surface area contributed by atoms with Crippen molar-refractivity contribution in [1.29, 1.82) is 0 Å². The minimum absolute atomic E-state index is 0.504. The Balaban J connectivity index is 1.89. The van der Waals surface area contributed by atoms with E-state index in [0.29, 0.717) is 6.04 Å². The average molecular weight is 257 g/mol. The molecule has 1 N–H and O–H groups in total. The van der Waals surface area contributed by atoms with E-state index in [9.17, 15) is 0 Å². The summed E-state index contributed by atoms with van der Waals surface area (Å²) in [6.45, 7) is 2.15. The maximum atomic E-state index is 4.22. The lowest BCUT2D eigenvalue weighted by Gasteiger charge is -2.15. The summed E-state index contributed by atoms with van der Waals surface area (Å²) in [5, 5.41) is 7.63. The van der Waals surface area contributed by atoms with Crippen LogP contribution in [0.15, 0.2) is 36.7 Å². The zero-order valence-corrected chi connectivity index (χ0v) is 12.1. The lowest BCUT2D eigenvalue weighted by atomic mass is 10.00. The topological polar surface area (TPSA) is 29.9 Å². The molecule has 0 aliphatic heterocycles. The van der Waals surface area contributed by atoms with Crippen LogP contribution in [0.1, 0.15) is 23.1 Å².